The number of amides is 1. The largest absolute Gasteiger partial charge is 0.350 e. The molecule has 1 amide bonds. The minimum absolute atomic E-state index is 0.201. The SMILES string of the molecule is N#[N+]Nc1ccc(C(=O)NCCn2ccc3ccc(Br)cc32)cn1. The molecule has 0 aliphatic heterocycles. The van der Waals surface area contributed by atoms with E-state index in [9.17, 15) is 4.79 Å². The van der Waals surface area contributed by atoms with Gasteiger partial charge in [0.05, 0.1) is 5.56 Å². The minimum Gasteiger partial charge on any atom is -0.350 e. The molecule has 0 radical (unpaired) electrons. The van der Waals surface area contributed by atoms with Gasteiger partial charge in [0.2, 0.25) is 5.82 Å². The molecule has 120 valence electrons. The Morgan fingerprint density at radius 2 is 2.17 bits per heavy atom. The summed E-state index contributed by atoms with van der Waals surface area (Å²) in [5, 5.41) is 15.2. The van der Waals surface area contributed by atoms with Crippen LogP contribution < -0.4 is 10.7 Å². The second-order valence-corrected chi connectivity index (χ2v) is 6.03. The number of pyridine rings is 1. The molecule has 0 unspecified atom stereocenters. The lowest BCUT2D eigenvalue weighted by atomic mass is 10.2. The van der Waals surface area contributed by atoms with Gasteiger partial charge >= 0.3 is 5.08 Å². The molecule has 2 N–H and O–H groups in total. The maximum Gasteiger partial charge on any atom is 0.309 e. The van der Waals surface area contributed by atoms with Gasteiger partial charge in [-0.15, -0.1) is 0 Å². The number of benzene rings is 1. The van der Waals surface area contributed by atoms with Crippen molar-refractivity contribution in [1.29, 1.82) is 5.39 Å². The summed E-state index contributed by atoms with van der Waals surface area (Å²) in [7, 11) is 0. The Balaban J connectivity index is 1.60. The first-order valence-electron chi connectivity index (χ1n) is 7.26. The molecule has 0 atom stereocenters. The van der Waals surface area contributed by atoms with Crippen LogP contribution in [0, 0.1) is 5.39 Å². The number of carbonyl (C=O) groups excluding carboxylic acids is 1. The van der Waals surface area contributed by atoms with Gasteiger partial charge < -0.3 is 9.88 Å². The quantitative estimate of drug-likeness (QED) is 0.520. The predicted octanol–water partition coefficient (Wildman–Crippen LogP) is 3.41. The number of nitrogens with zero attached hydrogens (tertiary/aromatic N) is 4. The molecule has 2 heterocycles. The van der Waals surface area contributed by atoms with Crippen LogP contribution >= 0.6 is 15.9 Å². The average molecular weight is 386 g/mol. The molecule has 3 aromatic rings. The average Bonchev–Trinajstić information content (AvgIpc) is 2.98. The molecule has 8 heteroatoms. The molecule has 0 fully saturated rings. The number of nitrogens with one attached hydrogen (secondary N) is 2. The highest BCUT2D eigenvalue weighted by Gasteiger charge is 2.08. The van der Waals surface area contributed by atoms with Crippen molar-refractivity contribution in [2.75, 3.05) is 12.0 Å². The minimum atomic E-state index is -0.201. The Kier molecular flexibility index (Phi) is 4.72. The number of carbonyl (C=O) groups is 1. The van der Waals surface area contributed by atoms with E-state index < -0.39 is 0 Å². The first kappa shape index (κ1) is 16.0. The Hall–Kier alpha value is -2.92. The molecule has 0 bridgehead atoms. The molecule has 0 aliphatic rings. The summed E-state index contributed by atoms with van der Waals surface area (Å²) in [4.78, 5) is 16.1. The van der Waals surface area contributed by atoms with E-state index in [1.54, 1.807) is 12.1 Å². The smallest absolute Gasteiger partial charge is 0.309 e. The van der Waals surface area contributed by atoms with E-state index in [1.807, 2.05) is 18.3 Å². The second-order valence-electron chi connectivity index (χ2n) is 5.11. The van der Waals surface area contributed by atoms with E-state index in [0.717, 1.165) is 15.4 Å². The molecular formula is C16H14BrN6O+. The number of diazo groups is 1. The van der Waals surface area contributed by atoms with Crippen LogP contribution in [0.3, 0.4) is 0 Å². The van der Waals surface area contributed by atoms with Gasteiger partial charge in [-0.2, -0.15) is 0 Å². The Labute approximate surface area is 146 Å². The lowest BCUT2D eigenvalue weighted by Gasteiger charge is -2.08. The molecule has 0 saturated carbocycles. The summed E-state index contributed by atoms with van der Waals surface area (Å²) in [6.45, 7) is 1.17. The van der Waals surface area contributed by atoms with Crippen molar-refractivity contribution < 1.29 is 4.79 Å². The van der Waals surface area contributed by atoms with E-state index in [2.05, 4.69) is 53.4 Å². The Morgan fingerprint density at radius 3 is 2.92 bits per heavy atom. The van der Waals surface area contributed by atoms with Crippen molar-refractivity contribution in [1.82, 2.24) is 14.9 Å². The van der Waals surface area contributed by atoms with Crippen LogP contribution in [0.1, 0.15) is 10.4 Å². The van der Waals surface area contributed by atoms with Crippen molar-refractivity contribution in [3.8, 4) is 0 Å². The highest BCUT2D eigenvalue weighted by Crippen LogP contribution is 2.20. The lowest BCUT2D eigenvalue weighted by Crippen LogP contribution is -2.27. The number of aromatic nitrogens is 2. The maximum absolute atomic E-state index is 12.1. The summed E-state index contributed by atoms with van der Waals surface area (Å²) in [5.41, 5.74) is 3.84. The van der Waals surface area contributed by atoms with E-state index in [-0.39, 0.29) is 5.91 Å². The number of fused-ring (bicyclic) bond motifs is 1. The highest BCUT2D eigenvalue weighted by molar-refractivity contribution is 9.10. The number of anilines is 1. The van der Waals surface area contributed by atoms with Gasteiger partial charge in [-0.3, -0.25) is 4.79 Å². The van der Waals surface area contributed by atoms with Crippen LogP contribution in [-0.4, -0.2) is 22.0 Å². The molecular weight excluding hydrogens is 372 g/mol. The number of hydrogen-bond donors (Lipinski definition) is 2. The fraction of sp³-hybridized carbons (Fsp3) is 0.125. The van der Waals surface area contributed by atoms with Gasteiger partial charge in [0.25, 0.3) is 11.3 Å². The van der Waals surface area contributed by atoms with Crippen molar-refractivity contribution >= 4 is 38.6 Å². The zero-order chi connectivity index (χ0) is 16.9. The zero-order valence-corrected chi connectivity index (χ0v) is 14.2. The standard InChI is InChI=1S/C16H13BrN6O/c17-13-3-1-11-5-7-23(14(11)9-13)8-6-19-16(24)12-2-4-15(20-10-12)21-22-18/h1-5,7,9-10H,6,8H2,(H-,19,20,21,24)/p+1. The van der Waals surface area contributed by atoms with Crippen LogP contribution in [0.5, 0.6) is 0 Å². The monoisotopic (exact) mass is 385 g/mol. The summed E-state index contributed by atoms with van der Waals surface area (Å²) in [6, 6.07) is 11.3. The Bertz CT molecular complexity index is 912. The van der Waals surface area contributed by atoms with E-state index in [4.69, 9.17) is 5.39 Å². The van der Waals surface area contributed by atoms with Crippen LogP contribution in [0.2, 0.25) is 0 Å². The summed E-state index contributed by atoms with van der Waals surface area (Å²) in [6.07, 6.45) is 3.43. The van der Waals surface area contributed by atoms with Crippen LogP contribution in [0.25, 0.3) is 16.0 Å². The lowest BCUT2D eigenvalue weighted by molar-refractivity contribution is 0.0952. The molecule has 1 aromatic carbocycles. The van der Waals surface area contributed by atoms with Gasteiger partial charge in [-0.05, 0) is 35.7 Å². The summed E-state index contributed by atoms with van der Waals surface area (Å²) < 4.78 is 3.11. The van der Waals surface area contributed by atoms with Gasteiger partial charge in [0, 0.05) is 40.9 Å². The molecule has 2 aromatic heterocycles. The van der Waals surface area contributed by atoms with Crippen molar-refractivity contribution in [3.63, 3.8) is 0 Å². The van der Waals surface area contributed by atoms with Crippen LogP contribution in [0.15, 0.2) is 53.3 Å². The van der Waals surface area contributed by atoms with Crippen molar-refractivity contribution in [2.45, 2.75) is 6.54 Å². The predicted molar refractivity (Wildman–Crippen MR) is 94.9 cm³/mol. The summed E-state index contributed by atoms with van der Waals surface area (Å²) >= 11 is 3.47. The summed E-state index contributed by atoms with van der Waals surface area (Å²) in [5.74, 6) is 0.158. The second kappa shape index (κ2) is 7.10. The van der Waals surface area contributed by atoms with Crippen molar-refractivity contribution in [3.05, 3.63) is 63.9 Å². The van der Waals surface area contributed by atoms with Gasteiger partial charge in [-0.25, -0.2) is 4.98 Å². The van der Waals surface area contributed by atoms with E-state index in [1.165, 1.54) is 6.20 Å². The topological polar surface area (TPSA) is 87.1 Å². The third-order valence-electron chi connectivity index (χ3n) is 3.56. The Morgan fingerprint density at radius 1 is 1.29 bits per heavy atom. The maximum atomic E-state index is 12.1. The fourth-order valence-corrected chi connectivity index (χ4v) is 2.74. The van der Waals surface area contributed by atoms with E-state index >= 15 is 0 Å². The van der Waals surface area contributed by atoms with E-state index in [0.29, 0.717) is 24.5 Å². The van der Waals surface area contributed by atoms with Gasteiger partial charge in [-0.1, -0.05) is 22.0 Å². The highest BCUT2D eigenvalue weighted by atomic mass is 79.9. The van der Waals surface area contributed by atoms with Crippen LogP contribution in [-0.2, 0) is 6.54 Å². The molecule has 24 heavy (non-hydrogen) atoms. The first-order chi connectivity index (χ1) is 11.7. The third-order valence-corrected chi connectivity index (χ3v) is 4.06. The number of hydrogen-bond acceptors (Lipinski definition) is 4. The molecule has 3 rings (SSSR count). The third kappa shape index (κ3) is 3.52. The van der Waals surface area contributed by atoms with Gasteiger partial charge in [0.15, 0.2) is 0 Å². The molecule has 7 nitrogen and oxygen atoms in total. The molecule has 0 spiro atoms. The van der Waals surface area contributed by atoms with Crippen LogP contribution in [0.4, 0.5) is 5.82 Å². The number of rotatable bonds is 5. The normalized spacial score (nSPS) is 10.3. The molecule has 0 aliphatic carbocycles. The fourth-order valence-electron chi connectivity index (χ4n) is 2.39. The molecule has 0 saturated heterocycles. The first-order valence-corrected chi connectivity index (χ1v) is 8.05. The number of halogens is 1. The zero-order valence-electron chi connectivity index (χ0n) is 12.6. The van der Waals surface area contributed by atoms with Crippen molar-refractivity contribution in [2.24, 2.45) is 0 Å². The van der Waals surface area contributed by atoms with Gasteiger partial charge in [0.1, 0.15) is 0 Å².